The van der Waals surface area contributed by atoms with Gasteiger partial charge in [0, 0.05) is 25.9 Å². The van der Waals surface area contributed by atoms with Gasteiger partial charge in [-0.25, -0.2) is 4.98 Å². The number of halogens is 3. The molecule has 0 unspecified atom stereocenters. The van der Waals surface area contributed by atoms with Crippen molar-refractivity contribution in [2.24, 2.45) is 0 Å². The molecular formula is C18H18F3N3O3. The molecule has 0 spiro atoms. The van der Waals surface area contributed by atoms with E-state index in [2.05, 4.69) is 10.3 Å². The number of hydrogen-bond acceptors (Lipinski definition) is 4. The SMILES string of the molecule is CCc1ocnc1C(=O)N[C@H]1CC(=O)N(Cc2ccccc2C(F)(F)F)C1. The fourth-order valence-electron chi connectivity index (χ4n) is 3.12. The number of hydrogen-bond donors (Lipinski definition) is 1. The normalized spacial score (nSPS) is 17.4. The summed E-state index contributed by atoms with van der Waals surface area (Å²) in [5.41, 5.74) is -0.582. The van der Waals surface area contributed by atoms with E-state index < -0.39 is 23.7 Å². The number of nitrogens with one attached hydrogen (secondary N) is 1. The van der Waals surface area contributed by atoms with Crippen molar-refractivity contribution in [3.8, 4) is 0 Å². The second-order valence-corrected chi connectivity index (χ2v) is 6.28. The molecule has 6 nitrogen and oxygen atoms in total. The van der Waals surface area contributed by atoms with Crippen LogP contribution in [-0.2, 0) is 23.9 Å². The summed E-state index contributed by atoms with van der Waals surface area (Å²) in [6.07, 6.45) is -2.80. The topological polar surface area (TPSA) is 75.4 Å². The molecule has 1 N–H and O–H groups in total. The number of benzene rings is 1. The molecular weight excluding hydrogens is 363 g/mol. The molecule has 2 heterocycles. The van der Waals surface area contributed by atoms with Crippen LogP contribution in [0.5, 0.6) is 0 Å². The summed E-state index contributed by atoms with van der Waals surface area (Å²) < 4.78 is 44.5. The first kappa shape index (κ1) is 18.9. The van der Waals surface area contributed by atoms with Gasteiger partial charge in [-0.3, -0.25) is 9.59 Å². The van der Waals surface area contributed by atoms with Crippen molar-refractivity contribution in [1.82, 2.24) is 15.2 Å². The zero-order valence-corrected chi connectivity index (χ0v) is 14.5. The largest absolute Gasteiger partial charge is 0.448 e. The van der Waals surface area contributed by atoms with E-state index in [0.717, 1.165) is 6.07 Å². The van der Waals surface area contributed by atoms with Gasteiger partial charge in [-0.1, -0.05) is 25.1 Å². The third kappa shape index (κ3) is 4.12. The van der Waals surface area contributed by atoms with E-state index in [0.29, 0.717) is 12.2 Å². The summed E-state index contributed by atoms with van der Waals surface area (Å²) in [5.74, 6) is -0.336. The van der Waals surface area contributed by atoms with Crippen molar-refractivity contribution in [1.29, 1.82) is 0 Å². The van der Waals surface area contributed by atoms with Gasteiger partial charge >= 0.3 is 6.18 Å². The summed E-state index contributed by atoms with van der Waals surface area (Å²) in [6, 6.07) is 4.66. The Morgan fingerprint density at radius 3 is 2.81 bits per heavy atom. The Morgan fingerprint density at radius 1 is 1.37 bits per heavy atom. The van der Waals surface area contributed by atoms with Gasteiger partial charge in [0.1, 0.15) is 5.76 Å². The first-order valence-electron chi connectivity index (χ1n) is 8.45. The van der Waals surface area contributed by atoms with E-state index in [4.69, 9.17) is 4.42 Å². The molecule has 1 saturated heterocycles. The molecule has 0 aliphatic carbocycles. The maximum atomic E-state index is 13.1. The summed E-state index contributed by atoms with van der Waals surface area (Å²) in [6.45, 7) is 1.79. The van der Waals surface area contributed by atoms with Gasteiger partial charge in [-0.15, -0.1) is 0 Å². The molecule has 0 saturated carbocycles. The first-order valence-corrected chi connectivity index (χ1v) is 8.45. The number of nitrogens with zero attached hydrogens (tertiary/aromatic N) is 2. The van der Waals surface area contributed by atoms with E-state index in [1.54, 1.807) is 0 Å². The van der Waals surface area contributed by atoms with E-state index in [-0.39, 0.29) is 36.7 Å². The molecule has 3 rings (SSSR count). The van der Waals surface area contributed by atoms with Crippen LogP contribution in [-0.4, -0.2) is 34.3 Å². The number of aryl methyl sites for hydroxylation is 1. The molecule has 9 heteroatoms. The van der Waals surface area contributed by atoms with Crippen molar-refractivity contribution in [3.63, 3.8) is 0 Å². The predicted molar refractivity (Wildman–Crippen MR) is 88.6 cm³/mol. The third-order valence-electron chi connectivity index (χ3n) is 4.41. The van der Waals surface area contributed by atoms with Crippen LogP contribution in [0.3, 0.4) is 0 Å². The van der Waals surface area contributed by atoms with Crippen LogP contribution < -0.4 is 5.32 Å². The van der Waals surface area contributed by atoms with Crippen LogP contribution in [0, 0.1) is 0 Å². The molecule has 1 aromatic carbocycles. The van der Waals surface area contributed by atoms with Gasteiger partial charge < -0.3 is 14.6 Å². The minimum absolute atomic E-state index is 0.0232. The van der Waals surface area contributed by atoms with Crippen molar-refractivity contribution in [2.45, 2.75) is 38.5 Å². The average Bonchev–Trinajstić information content (AvgIpc) is 3.21. The number of rotatable bonds is 5. The predicted octanol–water partition coefficient (Wildman–Crippen LogP) is 2.79. The molecule has 2 aromatic rings. The number of alkyl halides is 3. The number of oxazole rings is 1. The van der Waals surface area contributed by atoms with Crippen LogP contribution in [0.25, 0.3) is 0 Å². The van der Waals surface area contributed by atoms with Crippen molar-refractivity contribution >= 4 is 11.8 Å². The Labute approximate surface area is 153 Å². The van der Waals surface area contributed by atoms with Crippen molar-refractivity contribution < 1.29 is 27.2 Å². The maximum absolute atomic E-state index is 13.1. The van der Waals surface area contributed by atoms with Gasteiger partial charge in [0.05, 0.1) is 11.6 Å². The number of likely N-dealkylation sites (tertiary alicyclic amines) is 1. The standard InChI is InChI=1S/C18H18F3N3O3/c1-2-14-16(22-10-27-14)17(26)23-12-7-15(25)24(9-12)8-11-5-3-4-6-13(11)18(19,20)21/h3-6,10,12H,2,7-9H2,1H3,(H,23,26)/t12-/m0/s1. The summed E-state index contributed by atoms with van der Waals surface area (Å²) in [5, 5.41) is 2.70. The molecule has 1 aromatic heterocycles. The van der Waals surface area contributed by atoms with E-state index >= 15 is 0 Å². The highest BCUT2D eigenvalue weighted by Gasteiger charge is 2.36. The Balaban J connectivity index is 1.67. The summed E-state index contributed by atoms with van der Waals surface area (Å²) >= 11 is 0. The lowest BCUT2D eigenvalue weighted by atomic mass is 10.1. The van der Waals surface area contributed by atoms with Gasteiger partial charge in [0.25, 0.3) is 5.91 Å². The molecule has 1 aliphatic heterocycles. The highest BCUT2D eigenvalue weighted by Crippen LogP contribution is 2.32. The molecule has 0 radical (unpaired) electrons. The lowest BCUT2D eigenvalue weighted by Crippen LogP contribution is -2.37. The molecule has 144 valence electrons. The highest BCUT2D eigenvalue weighted by molar-refractivity contribution is 5.94. The Morgan fingerprint density at radius 2 is 2.11 bits per heavy atom. The van der Waals surface area contributed by atoms with Gasteiger partial charge in [-0.2, -0.15) is 13.2 Å². The highest BCUT2D eigenvalue weighted by atomic mass is 19.4. The zero-order chi connectivity index (χ0) is 19.6. The fraction of sp³-hybridized carbons (Fsp3) is 0.389. The molecule has 1 fully saturated rings. The first-order chi connectivity index (χ1) is 12.8. The van der Waals surface area contributed by atoms with Gasteiger partial charge in [-0.05, 0) is 11.6 Å². The van der Waals surface area contributed by atoms with Gasteiger partial charge in [0.15, 0.2) is 12.1 Å². The van der Waals surface area contributed by atoms with Crippen molar-refractivity contribution in [3.05, 3.63) is 53.2 Å². The lowest BCUT2D eigenvalue weighted by Gasteiger charge is -2.20. The monoisotopic (exact) mass is 381 g/mol. The molecule has 1 atom stereocenters. The molecule has 2 amide bonds. The minimum atomic E-state index is -4.49. The van der Waals surface area contributed by atoms with Crippen LogP contribution in [0.4, 0.5) is 13.2 Å². The van der Waals surface area contributed by atoms with E-state index in [1.807, 2.05) is 6.92 Å². The molecule has 0 bridgehead atoms. The number of aromatic nitrogens is 1. The number of amides is 2. The van der Waals surface area contributed by atoms with Crippen LogP contribution in [0.15, 0.2) is 35.1 Å². The number of carbonyl (C=O) groups excluding carboxylic acids is 2. The minimum Gasteiger partial charge on any atom is -0.448 e. The quantitative estimate of drug-likeness (QED) is 0.864. The maximum Gasteiger partial charge on any atom is 0.416 e. The Kier molecular flexibility index (Phi) is 5.20. The smallest absolute Gasteiger partial charge is 0.416 e. The van der Waals surface area contributed by atoms with Crippen molar-refractivity contribution in [2.75, 3.05) is 6.54 Å². The zero-order valence-electron chi connectivity index (χ0n) is 14.5. The average molecular weight is 381 g/mol. The second kappa shape index (κ2) is 7.42. The molecule has 27 heavy (non-hydrogen) atoms. The summed E-state index contributed by atoms with van der Waals surface area (Å²) in [4.78, 5) is 29.7. The number of carbonyl (C=O) groups is 2. The van der Waals surface area contributed by atoms with Gasteiger partial charge in [0.2, 0.25) is 5.91 Å². The van der Waals surface area contributed by atoms with Crippen LogP contribution in [0.2, 0.25) is 0 Å². The summed E-state index contributed by atoms with van der Waals surface area (Å²) in [7, 11) is 0. The van der Waals surface area contributed by atoms with E-state index in [9.17, 15) is 22.8 Å². The second-order valence-electron chi connectivity index (χ2n) is 6.28. The fourth-order valence-corrected chi connectivity index (χ4v) is 3.12. The Bertz CT molecular complexity index is 848. The van der Waals surface area contributed by atoms with Crippen LogP contribution >= 0.6 is 0 Å². The van der Waals surface area contributed by atoms with E-state index in [1.165, 1.54) is 29.5 Å². The van der Waals surface area contributed by atoms with Crippen LogP contribution in [0.1, 0.15) is 40.7 Å². The molecule has 1 aliphatic rings. The third-order valence-corrected chi connectivity index (χ3v) is 4.41. The lowest BCUT2D eigenvalue weighted by molar-refractivity contribution is -0.139. The Hall–Kier alpha value is -2.84.